The molecule has 0 saturated carbocycles. The third kappa shape index (κ3) is 3.23. The molecule has 18 heavy (non-hydrogen) atoms. The predicted molar refractivity (Wildman–Crippen MR) is 74.2 cm³/mol. The zero-order valence-electron chi connectivity index (χ0n) is 10.3. The quantitative estimate of drug-likeness (QED) is 0.837. The summed E-state index contributed by atoms with van der Waals surface area (Å²) < 4.78 is 5.05. The molecule has 2 rings (SSSR count). The van der Waals surface area contributed by atoms with E-state index in [-0.39, 0.29) is 40.7 Å². The van der Waals surface area contributed by atoms with E-state index >= 15 is 0 Å². The SMILES string of the molecule is Br.CCOC(=O)C1NCCC1c1ccc(O)cc1. The van der Waals surface area contributed by atoms with E-state index in [4.69, 9.17) is 4.74 Å². The van der Waals surface area contributed by atoms with E-state index in [1.807, 2.05) is 19.1 Å². The summed E-state index contributed by atoms with van der Waals surface area (Å²) in [6, 6.07) is 6.75. The molecule has 1 fully saturated rings. The molecule has 0 bridgehead atoms. The summed E-state index contributed by atoms with van der Waals surface area (Å²) in [7, 11) is 0. The number of nitrogens with one attached hydrogen (secondary N) is 1. The Bertz CT molecular complexity index is 394. The maximum absolute atomic E-state index is 11.8. The first kappa shape index (κ1) is 15.0. The number of aromatic hydroxyl groups is 1. The molecule has 0 aromatic heterocycles. The van der Waals surface area contributed by atoms with Crippen LogP contribution in [0.3, 0.4) is 0 Å². The molecule has 2 atom stereocenters. The van der Waals surface area contributed by atoms with E-state index in [2.05, 4.69) is 5.32 Å². The number of hydrogen-bond donors (Lipinski definition) is 2. The van der Waals surface area contributed by atoms with Gasteiger partial charge in [0.1, 0.15) is 11.8 Å². The highest BCUT2D eigenvalue weighted by Gasteiger charge is 2.34. The van der Waals surface area contributed by atoms with Gasteiger partial charge in [0.25, 0.3) is 0 Å². The van der Waals surface area contributed by atoms with Crippen LogP contribution >= 0.6 is 17.0 Å². The molecular formula is C13H18BrNO3. The number of esters is 1. The molecule has 0 aliphatic carbocycles. The number of phenols is 1. The van der Waals surface area contributed by atoms with E-state index in [0.29, 0.717) is 6.61 Å². The molecule has 0 amide bonds. The van der Waals surface area contributed by atoms with Crippen molar-refractivity contribution in [2.75, 3.05) is 13.2 Å². The first-order valence-corrected chi connectivity index (χ1v) is 5.91. The highest BCUT2D eigenvalue weighted by Crippen LogP contribution is 2.29. The molecule has 1 saturated heterocycles. The van der Waals surface area contributed by atoms with Gasteiger partial charge in [-0.1, -0.05) is 12.1 Å². The smallest absolute Gasteiger partial charge is 0.323 e. The van der Waals surface area contributed by atoms with Gasteiger partial charge in [0, 0.05) is 5.92 Å². The minimum Gasteiger partial charge on any atom is -0.508 e. The molecule has 2 N–H and O–H groups in total. The largest absolute Gasteiger partial charge is 0.508 e. The maximum Gasteiger partial charge on any atom is 0.323 e. The normalized spacial score (nSPS) is 22.3. The van der Waals surface area contributed by atoms with Crippen molar-refractivity contribution in [1.82, 2.24) is 5.32 Å². The first-order valence-electron chi connectivity index (χ1n) is 5.91. The Labute approximate surface area is 117 Å². The fraction of sp³-hybridized carbons (Fsp3) is 0.462. The van der Waals surface area contributed by atoms with Gasteiger partial charge in [-0.15, -0.1) is 17.0 Å². The lowest BCUT2D eigenvalue weighted by atomic mass is 9.92. The second kappa shape index (κ2) is 6.75. The van der Waals surface area contributed by atoms with Crippen LogP contribution in [0.15, 0.2) is 24.3 Å². The topological polar surface area (TPSA) is 58.6 Å². The molecule has 0 spiro atoms. The van der Waals surface area contributed by atoms with Gasteiger partial charge in [0.2, 0.25) is 0 Å². The fourth-order valence-corrected chi connectivity index (χ4v) is 2.26. The third-order valence-electron chi connectivity index (χ3n) is 3.08. The van der Waals surface area contributed by atoms with Crippen LogP contribution in [0.1, 0.15) is 24.8 Å². The Morgan fingerprint density at radius 1 is 1.44 bits per heavy atom. The second-order valence-corrected chi connectivity index (χ2v) is 4.17. The van der Waals surface area contributed by atoms with E-state index in [9.17, 15) is 9.90 Å². The average molecular weight is 316 g/mol. The summed E-state index contributed by atoms with van der Waals surface area (Å²) in [5.41, 5.74) is 1.06. The van der Waals surface area contributed by atoms with Crippen molar-refractivity contribution >= 4 is 23.0 Å². The fourth-order valence-electron chi connectivity index (χ4n) is 2.26. The molecule has 4 nitrogen and oxygen atoms in total. The van der Waals surface area contributed by atoms with Crippen molar-refractivity contribution in [3.63, 3.8) is 0 Å². The van der Waals surface area contributed by atoms with Gasteiger partial charge in [-0.25, -0.2) is 0 Å². The highest BCUT2D eigenvalue weighted by atomic mass is 79.9. The van der Waals surface area contributed by atoms with Crippen LogP contribution in [-0.2, 0) is 9.53 Å². The summed E-state index contributed by atoms with van der Waals surface area (Å²) in [6.07, 6.45) is 0.911. The van der Waals surface area contributed by atoms with Crippen molar-refractivity contribution in [2.45, 2.75) is 25.3 Å². The van der Waals surface area contributed by atoms with E-state index in [1.54, 1.807) is 12.1 Å². The number of halogens is 1. The number of phenolic OH excluding ortho intramolecular Hbond substituents is 1. The van der Waals surface area contributed by atoms with Crippen molar-refractivity contribution in [2.24, 2.45) is 0 Å². The van der Waals surface area contributed by atoms with Crippen LogP contribution in [0.2, 0.25) is 0 Å². The number of carbonyl (C=O) groups is 1. The van der Waals surface area contributed by atoms with Crippen LogP contribution in [-0.4, -0.2) is 30.3 Å². The summed E-state index contributed by atoms with van der Waals surface area (Å²) in [4.78, 5) is 11.8. The Morgan fingerprint density at radius 2 is 2.11 bits per heavy atom. The predicted octanol–water partition coefficient (Wildman–Crippen LogP) is 1.98. The van der Waals surface area contributed by atoms with E-state index in [1.165, 1.54) is 0 Å². The van der Waals surface area contributed by atoms with Gasteiger partial charge in [0.05, 0.1) is 6.61 Å². The molecule has 5 heteroatoms. The minimum atomic E-state index is -0.264. The van der Waals surface area contributed by atoms with Gasteiger partial charge in [-0.3, -0.25) is 4.79 Å². The Balaban J connectivity index is 0.00000162. The van der Waals surface area contributed by atoms with Crippen molar-refractivity contribution < 1.29 is 14.6 Å². The summed E-state index contributed by atoms with van der Waals surface area (Å²) in [5.74, 6) is 0.185. The van der Waals surface area contributed by atoms with Gasteiger partial charge in [-0.2, -0.15) is 0 Å². The third-order valence-corrected chi connectivity index (χ3v) is 3.08. The van der Waals surface area contributed by atoms with Gasteiger partial charge < -0.3 is 15.2 Å². The Morgan fingerprint density at radius 3 is 2.72 bits per heavy atom. The van der Waals surface area contributed by atoms with Crippen LogP contribution in [0.25, 0.3) is 0 Å². The molecule has 1 aromatic rings. The van der Waals surface area contributed by atoms with Crippen molar-refractivity contribution in [3.05, 3.63) is 29.8 Å². The molecule has 0 radical (unpaired) electrons. The molecule has 1 aliphatic heterocycles. The van der Waals surface area contributed by atoms with Gasteiger partial charge in [-0.05, 0) is 37.6 Å². The van der Waals surface area contributed by atoms with Crippen molar-refractivity contribution in [1.29, 1.82) is 0 Å². The Hall–Kier alpha value is -1.07. The number of rotatable bonds is 3. The van der Waals surface area contributed by atoms with Crippen molar-refractivity contribution in [3.8, 4) is 5.75 Å². The lowest BCUT2D eigenvalue weighted by Gasteiger charge is -2.18. The number of ether oxygens (including phenoxy) is 1. The second-order valence-electron chi connectivity index (χ2n) is 4.17. The summed E-state index contributed by atoms with van der Waals surface area (Å²) in [6.45, 7) is 3.02. The number of carbonyl (C=O) groups excluding carboxylic acids is 1. The molecule has 2 unspecified atom stereocenters. The lowest BCUT2D eigenvalue weighted by molar-refractivity contribution is -0.145. The highest BCUT2D eigenvalue weighted by molar-refractivity contribution is 8.93. The summed E-state index contributed by atoms with van der Waals surface area (Å²) >= 11 is 0. The van der Waals surface area contributed by atoms with Crippen LogP contribution in [0, 0.1) is 0 Å². The van der Waals surface area contributed by atoms with Crippen LogP contribution < -0.4 is 5.32 Å². The molecule has 1 aromatic carbocycles. The molecule has 1 heterocycles. The average Bonchev–Trinajstić information content (AvgIpc) is 2.79. The monoisotopic (exact) mass is 315 g/mol. The Kier molecular flexibility index (Phi) is 5.62. The van der Waals surface area contributed by atoms with Gasteiger partial charge in [0.15, 0.2) is 0 Å². The lowest BCUT2D eigenvalue weighted by Crippen LogP contribution is -2.36. The molecular weight excluding hydrogens is 298 g/mol. The maximum atomic E-state index is 11.8. The summed E-state index contributed by atoms with van der Waals surface area (Å²) in [5, 5.41) is 12.4. The first-order chi connectivity index (χ1) is 8.22. The van der Waals surface area contributed by atoms with Crippen LogP contribution in [0.5, 0.6) is 5.75 Å². The van der Waals surface area contributed by atoms with Gasteiger partial charge >= 0.3 is 5.97 Å². The molecule has 1 aliphatic rings. The number of hydrogen-bond acceptors (Lipinski definition) is 4. The number of benzene rings is 1. The molecule has 100 valence electrons. The minimum absolute atomic E-state index is 0. The standard InChI is InChI=1S/C13H17NO3.BrH/c1-2-17-13(16)12-11(7-8-14-12)9-3-5-10(15)6-4-9;/h3-6,11-12,14-15H,2,7-8H2,1H3;1H. The zero-order chi connectivity index (χ0) is 12.3. The van der Waals surface area contributed by atoms with E-state index < -0.39 is 0 Å². The van der Waals surface area contributed by atoms with Crippen LogP contribution in [0.4, 0.5) is 0 Å². The van der Waals surface area contributed by atoms with E-state index in [0.717, 1.165) is 18.5 Å². The zero-order valence-corrected chi connectivity index (χ0v) is 12.0.